The molecule has 5 nitrogen and oxygen atoms in total. The number of benzene rings is 1. The van der Waals surface area contributed by atoms with Gasteiger partial charge in [-0.3, -0.25) is 9.10 Å². The summed E-state index contributed by atoms with van der Waals surface area (Å²) in [7, 11) is -3.52. The molecule has 0 spiro atoms. The Morgan fingerprint density at radius 1 is 1.30 bits per heavy atom. The number of hydrogen-bond donors (Lipinski definition) is 1. The molecule has 6 heteroatoms. The van der Waals surface area contributed by atoms with Gasteiger partial charge < -0.3 is 5.32 Å². The fraction of sp³-hybridized carbons (Fsp3) is 0.500. The van der Waals surface area contributed by atoms with Crippen molar-refractivity contribution in [3.05, 3.63) is 30.3 Å². The van der Waals surface area contributed by atoms with Crippen molar-refractivity contribution in [3.63, 3.8) is 0 Å². The van der Waals surface area contributed by atoms with Crippen LogP contribution in [-0.4, -0.2) is 33.2 Å². The van der Waals surface area contributed by atoms with Crippen molar-refractivity contribution in [1.82, 2.24) is 5.32 Å². The van der Waals surface area contributed by atoms with Crippen molar-refractivity contribution in [2.45, 2.75) is 32.7 Å². The maximum Gasteiger partial charge on any atom is 0.243 e. The fourth-order valence-electron chi connectivity index (χ4n) is 1.92. The van der Waals surface area contributed by atoms with Crippen molar-refractivity contribution >= 4 is 21.6 Å². The Morgan fingerprint density at radius 3 is 2.40 bits per heavy atom. The topological polar surface area (TPSA) is 66.5 Å². The van der Waals surface area contributed by atoms with E-state index in [0.717, 1.165) is 23.4 Å². The molecule has 0 heterocycles. The number of unbranched alkanes of at least 4 members (excludes halogenated alkanes) is 1. The molecule has 0 saturated carbocycles. The van der Waals surface area contributed by atoms with Gasteiger partial charge in [-0.25, -0.2) is 8.42 Å². The van der Waals surface area contributed by atoms with E-state index in [2.05, 4.69) is 5.32 Å². The van der Waals surface area contributed by atoms with Crippen molar-refractivity contribution in [3.8, 4) is 0 Å². The molecule has 0 fully saturated rings. The van der Waals surface area contributed by atoms with Gasteiger partial charge in [0.25, 0.3) is 0 Å². The second-order valence-electron chi connectivity index (χ2n) is 4.71. The molecule has 0 aliphatic carbocycles. The van der Waals surface area contributed by atoms with Crippen molar-refractivity contribution in [2.24, 2.45) is 0 Å². The zero-order valence-electron chi connectivity index (χ0n) is 12.2. The summed E-state index contributed by atoms with van der Waals surface area (Å²) < 4.78 is 25.1. The maximum absolute atomic E-state index is 12.1. The molecule has 1 aromatic carbocycles. The minimum atomic E-state index is -3.52. The minimum Gasteiger partial charge on any atom is -0.354 e. The number of sulfonamides is 1. The molecule has 20 heavy (non-hydrogen) atoms. The summed E-state index contributed by atoms with van der Waals surface area (Å²) in [4.78, 5) is 12.1. The highest BCUT2D eigenvalue weighted by atomic mass is 32.2. The zero-order valence-corrected chi connectivity index (χ0v) is 13.0. The van der Waals surface area contributed by atoms with Gasteiger partial charge in [-0.1, -0.05) is 31.5 Å². The lowest BCUT2D eigenvalue weighted by molar-refractivity contribution is -0.121. The fourth-order valence-corrected chi connectivity index (χ4v) is 3.09. The van der Waals surface area contributed by atoms with Crippen LogP contribution in [0.1, 0.15) is 26.7 Å². The molecular weight excluding hydrogens is 276 g/mol. The van der Waals surface area contributed by atoms with E-state index in [-0.39, 0.29) is 5.91 Å². The third kappa shape index (κ3) is 4.52. The largest absolute Gasteiger partial charge is 0.354 e. The third-order valence-corrected chi connectivity index (χ3v) is 4.17. The Kier molecular flexibility index (Phi) is 6.01. The van der Waals surface area contributed by atoms with Crippen molar-refractivity contribution in [1.29, 1.82) is 0 Å². The lowest BCUT2D eigenvalue weighted by Gasteiger charge is -2.28. The molecular formula is C14H22N2O3S. The van der Waals surface area contributed by atoms with E-state index in [1.807, 2.05) is 6.92 Å². The summed E-state index contributed by atoms with van der Waals surface area (Å²) in [5, 5.41) is 2.76. The molecule has 1 unspecified atom stereocenters. The van der Waals surface area contributed by atoms with Crippen LogP contribution in [0.15, 0.2) is 30.3 Å². The molecule has 1 atom stereocenters. The standard InChI is InChI=1S/C14H22N2O3S/c1-4-5-11-15-14(17)12(2)16(20(3,18)19)13-9-7-6-8-10-13/h6-10,12H,4-5,11H2,1-3H3,(H,15,17). The second-order valence-corrected chi connectivity index (χ2v) is 6.57. The number of carbonyl (C=O) groups is 1. The Morgan fingerprint density at radius 2 is 1.90 bits per heavy atom. The zero-order chi connectivity index (χ0) is 15.2. The molecule has 1 amide bonds. The SMILES string of the molecule is CCCCNC(=O)C(C)N(c1ccccc1)S(C)(=O)=O. The van der Waals surface area contributed by atoms with Crippen molar-refractivity contribution < 1.29 is 13.2 Å². The van der Waals surface area contributed by atoms with Crippen molar-refractivity contribution in [2.75, 3.05) is 17.1 Å². The molecule has 0 aliphatic rings. The molecule has 0 radical (unpaired) electrons. The highest BCUT2D eigenvalue weighted by Crippen LogP contribution is 2.20. The number of nitrogens with zero attached hydrogens (tertiary/aromatic N) is 1. The van der Waals surface area contributed by atoms with E-state index >= 15 is 0 Å². The molecule has 1 N–H and O–H groups in total. The number of nitrogens with one attached hydrogen (secondary N) is 1. The lowest BCUT2D eigenvalue weighted by atomic mass is 10.2. The third-order valence-electron chi connectivity index (χ3n) is 2.93. The highest BCUT2D eigenvalue weighted by molar-refractivity contribution is 7.92. The molecule has 0 aliphatic heterocycles. The van der Waals surface area contributed by atoms with E-state index in [0.29, 0.717) is 12.2 Å². The summed E-state index contributed by atoms with van der Waals surface area (Å²) in [5.74, 6) is -0.285. The highest BCUT2D eigenvalue weighted by Gasteiger charge is 2.28. The number of carbonyl (C=O) groups excluding carboxylic acids is 1. The summed E-state index contributed by atoms with van der Waals surface area (Å²) in [6, 6.07) is 7.87. The molecule has 0 aromatic heterocycles. The summed E-state index contributed by atoms with van der Waals surface area (Å²) >= 11 is 0. The summed E-state index contributed by atoms with van der Waals surface area (Å²) in [6.45, 7) is 4.18. The van der Waals surface area contributed by atoms with Crippen LogP contribution in [0.3, 0.4) is 0 Å². The smallest absolute Gasteiger partial charge is 0.243 e. The van der Waals surface area contributed by atoms with E-state index in [4.69, 9.17) is 0 Å². The van der Waals surface area contributed by atoms with E-state index in [1.165, 1.54) is 0 Å². The van der Waals surface area contributed by atoms with E-state index < -0.39 is 16.1 Å². The van der Waals surface area contributed by atoms with Gasteiger partial charge in [-0.2, -0.15) is 0 Å². The van der Waals surface area contributed by atoms with Crippen LogP contribution in [0.2, 0.25) is 0 Å². The van der Waals surface area contributed by atoms with Gasteiger partial charge in [0.15, 0.2) is 0 Å². The first-order valence-electron chi connectivity index (χ1n) is 6.70. The van der Waals surface area contributed by atoms with Gasteiger partial charge in [0.1, 0.15) is 6.04 Å². The quantitative estimate of drug-likeness (QED) is 0.780. The van der Waals surface area contributed by atoms with Gasteiger partial charge in [0.05, 0.1) is 11.9 Å². The first-order chi connectivity index (χ1) is 9.38. The van der Waals surface area contributed by atoms with E-state index in [1.54, 1.807) is 37.3 Å². The average Bonchev–Trinajstić information content (AvgIpc) is 2.38. The normalized spacial score (nSPS) is 12.8. The molecule has 1 rings (SSSR count). The number of anilines is 1. The Bertz CT molecular complexity index is 529. The van der Waals surface area contributed by atoms with E-state index in [9.17, 15) is 13.2 Å². The van der Waals surface area contributed by atoms with Crippen LogP contribution in [-0.2, 0) is 14.8 Å². The number of para-hydroxylation sites is 1. The predicted molar refractivity (Wildman–Crippen MR) is 81.1 cm³/mol. The Balaban J connectivity index is 2.93. The average molecular weight is 298 g/mol. The lowest BCUT2D eigenvalue weighted by Crippen LogP contribution is -2.48. The molecule has 1 aromatic rings. The molecule has 0 bridgehead atoms. The number of hydrogen-bond acceptors (Lipinski definition) is 3. The summed E-state index contributed by atoms with van der Waals surface area (Å²) in [6.07, 6.45) is 2.96. The maximum atomic E-state index is 12.1. The first-order valence-corrected chi connectivity index (χ1v) is 8.55. The van der Waals surface area contributed by atoms with Crippen LogP contribution < -0.4 is 9.62 Å². The van der Waals surface area contributed by atoms with Crippen LogP contribution in [0, 0.1) is 0 Å². The Labute approximate surface area is 121 Å². The summed E-state index contributed by atoms with van der Waals surface area (Å²) in [5.41, 5.74) is 0.494. The molecule has 0 saturated heterocycles. The van der Waals surface area contributed by atoms with Gasteiger partial charge in [-0.15, -0.1) is 0 Å². The van der Waals surface area contributed by atoms with Gasteiger partial charge in [0.2, 0.25) is 15.9 Å². The van der Waals surface area contributed by atoms with Crippen LogP contribution in [0.25, 0.3) is 0 Å². The molecule has 112 valence electrons. The number of rotatable bonds is 7. The van der Waals surface area contributed by atoms with Gasteiger partial charge in [0, 0.05) is 6.54 Å². The van der Waals surface area contributed by atoms with Gasteiger partial charge >= 0.3 is 0 Å². The van der Waals surface area contributed by atoms with Crippen LogP contribution in [0.4, 0.5) is 5.69 Å². The minimum absolute atomic E-state index is 0.285. The predicted octanol–water partition coefficient (Wildman–Crippen LogP) is 1.76. The van der Waals surface area contributed by atoms with Crippen LogP contribution in [0.5, 0.6) is 0 Å². The second kappa shape index (κ2) is 7.28. The monoisotopic (exact) mass is 298 g/mol. The van der Waals surface area contributed by atoms with Crippen LogP contribution >= 0.6 is 0 Å². The van der Waals surface area contributed by atoms with Gasteiger partial charge in [-0.05, 0) is 25.5 Å². The first kappa shape index (κ1) is 16.5. The Hall–Kier alpha value is -1.56. The number of amides is 1.